The number of nitriles is 1. The molecular weight excluding hydrogens is 228 g/mol. The fraction of sp³-hybridized carbons (Fsp3) is 0.929. The van der Waals surface area contributed by atoms with Crippen molar-refractivity contribution >= 4 is 0 Å². The first-order valence-corrected chi connectivity index (χ1v) is 6.80. The van der Waals surface area contributed by atoms with E-state index in [1.54, 1.807) is 0 Å². The van der Waals surface area contributed by atoms with E-state index in [2.05, 4.69) is 25.2 Å². The van der Waals surface area contributed by atoms with Crippen LogP contribution in [-0.4, -0.2) is 36.5 Å². The molecule has 0 aliphatic carbocycles. The van der Waals surface area contributed by atoms with Gasteiger partial charge in [-0.25, -0.2) is 0 Å². The minimum atomic E-state index is -0.612. The second-order valence-electron chi connectivity index (χ2n) is 5.90. The molecule has 0 aromatic rings. The molecule has 0 bridgehead atoms. The summed E-state index contributed by atoms with van der Waals surface area (Å²) in [4.78, 5) is 0. The van der Waals surface area contributed by atoms with Gasteiger partial charge in [0.1, 0.15) is 5.54 Å². The summed E-state index contributed by atoms with van der Waals surface area (Å²) in [5, 5.41) is 12.5. The zero-order chi connectivity index (χ0) is 13.8. The Kier molecular flexibility index (Phi) is 5.58. The van der Waals surface area contributed by atoms with E-state index in [-0.39, 0.29) is 24.4 Å². The van der Waals surface area contributed by atoms with Gasteiger partial charge in [0.2, 0.25) is 0 Å². The molecule has 3 unspecified atom stereocenters. The Morgan fingerprint density at radius 2 is 1.94 bits per heavy atom. The number of nitrogens with one attached hydrogen (secondary N) is 1. The highest BCUT2D eigenvalue weighted by Gasteiger charge is 2.30. The summed E-state index contributed by atoms with van der Waals surface area (Å²) in [5.41, 5.74) is -0.612. The summed E-state index contributed by atoms with van der Waals surface area (Å²) >= 11 is 0. The first kappa shape index (κ1) is 15.4. The third-order valence-corrected chi connectivity index (χ3v) is 3.12. The van der Waals surface area contributed by atoms with E-state index in [1.165, 1.54) is 0 Å². The predicted molar refractivity (Wildman–Crippen MR) is 71.3 cm³/mol. The molecule has 0 aromatic carbocycles. The van der Waals surface area contributed by atoms with Crippen LogP contribution in [0.5, 0.6) is 0 Å². The van der Waals surface area contributed by atoms with Gasteiger partial charge < -0.3 is 9.47 Å². The van der Waals surface area contributed by atoms with Crippen LogP contribution in [0.4, 0.5) is 0 Å². The summed E-state index contributed by atoms with van der Waals surface area (Å²) < 4.78 is 11.6. The normalized spacial score (nSPS) is 31.9. The fourth-order valence-electron chi connectivity index (χ4n) is 2.51. The first-order valence-electron chi connectivity index (χ1n) is 6.80. The molecule has 3 atom stereocenters. The smallest absolute Gasteiger partial charge is 0.127 e. The lowest BCUT2D eigenvalue weighted by molar-refractivity contribution is -0.107. The Bertz CT molecular complexity index is 291. The van der Waals surface area contributed by atoms with Crippen molar-refractivity contribution in [3.8, 4) is 6.07 Å². The predicted octanol–water partition coefficient (Wildman–Crippen LogP) is 2.24. The topological polar surface area (TPSA) is 54.3 Å². The average molecular weight is 254 g/mol. The van der Waals surface area contributed by atoms with Crippen LogP contribution in [0.2, 0.25) is 0 Å². The van der Waals surface area contributed by atoms with E-state index >= 15 is 0 Å². The Morgan fingerprint density at radius 1 is 1.39 bits per heavy atom. The molecule has 0 radical (unpaired) electrons. The molecule has 4 heteroatoms. The monoisotopic (exact) mass is 254 g/mol. The lowest BCUT2D eigenvalue weighted by atomic mass is 10.0. The van der Waals surface area contributed by atoms with Gasteiger partial charge in [-0.05, 0) is 47.5 Å². The molecule has 0 aromatic heterocycles. The molecule has 1 saturated heterocycles. The second kappa shape index (κ2) is 6.51. The van der Waals surface area contributed by atoms with Crippen molar-refractivity contribution in [1.82, 2.24) is 5.32 Å². The van der Waals surface area contributed by atoms with Crippen LogP contribution in [0.3, 0.4) is 0 Å². The van der Waals surface area contributed by atoms with Crippen molar-refractivity contribution in [3.05, 3.63) is 0 Å². The van der Waals surface area contributed by atoms with Crippen LogP contribution in [0.1, 0.15) is 47.5 Å². The summed E-state index contributed by atoms with van der Waals surface area (Å²) in [6, 6.07) is 2.57. The van der Waals surface area contributed by atoms with E-state index < -0.39 is 5.54 Å². The van der Waals surface area contributed by atoms with Gasteiger partial charge >= 0.3 is 0 Å². The SMILES string of the molecule is CC(C)NC(C)(C#N)COC1CC(C)OC(C)C1. The third kappa shape index (κ3) is 4.93. The lowest BCUT2D eigenvalue weighted by Gasteiger charge is -2.34. The molecule has 0 spiro atoms. The zero-order valence-electron chi connectivity index (χ0n) is 12.2. The molecule has 1 fully saturated rings. The maximum Gasteiger partial charge on any atom is 0.127 e. The van der Waals surface area contributed by atoms with Gasteiger partial charge in [0.05, 0.1) is 31.0 Å². The van der Waals surface area contributed by atoms with Crippen molar-refractivity contribution in [2.75, 3.05) is 6.61 Å². The van der Waals surface area contributed by atoms with Gasteiger partial charge in [-0.2, -0.15) is 5.26 Å². The third-order valence-electron chi connectivity index (χ3n) is 3.12. The zero-order valence-corrected chi connectivity index (χ0v) is 12.2. The highest BCUT2D eigenvalue weighted by atomic mass is 16.5. The number of nitrogens with zero attached hydrogens (tertiary/aromatic N) is 1. The molecular formula is C14H26N2O2. The Hall–Kier alpha value is -0.630. The summed E-state index contributed by atoms with van der Waals surface area (Å²) in [6.07, 6.45) is 2.50. The number of hydrogen-bond acceptors (Lipinski definition) is 4. The van der Waals surface area contributed by atoms with Gasteiger partial charge in [0, 0.05) is 6.04 Å². The standard InChI is InChI=1S/C14H26N2O2/c1-10(2)16-14(5,8-15)9-17-13-6-11(3)18-12(4)7-13/h10-13,16H,6-7,9H2,1-5H3. The van der Waals surface area contributed by atoms with E-state index in [1.807, 2.05) is 20.8 Å². The minimum Gasteiger partial charge on any atom is -0.375 e. The van der Waals surface area contributed by atoms with Crippen molar-refractivity contribution < 1.29 is 9.47 Å². The van der Waals surface area contributed by atoms with Crippen LogP contribution in [0.15, 0.2) is 0 Å². The fourth-order valence-corrected chi connectivity index (χ4v) is 2.51. The average Bonchev–Trinajstić information content (AvgIpc) is 2.24. The Morgan fingerprint density at radius 3 is 2.39 bits per heavy atom. The van der Waals surface area contributed by atoms with Crippen LogP contribution < -0.4 is 5.32 Å². The summed E-state index contributed by atoms with van der Waals surface area (Å²) in [7, 11) is 0. The van der Waals surface area contributed by atoms with Crippen molar-refractivity contribution in [2.24, 2.45) is 0 Å². The van der Waals surface area contributed by atoms with Gasteiger partial charge in [-0.15, -0.1) is 0 Å². The van der Waals surface area contributed by atoms with Crippen LogP contribution >= 0.6 is 0 Å². The molecule has 1 N–H and O–H groups in total. The van der Waals surface area contributed by atoms with Crippen molar-refractivity contribution in [1.29, 1.82) is 5.26 Å². The van der Waals surface area contributed by atoms with E-state index in [4.69, 9.17) is 9.47 Å². The molecule has 0 amide bonds. The number of ether oxygens (including phenoxy) is 2. The molecule has 104 valence electrons. The van der Waals surface area contributed by atoms with Crippen molar-refractivity contribution in [3.63, 3.8) is 0 Å². The molecule has 1 rings (SSSR count). The highest BCUT2D eigenvalue weighted by Crippen LogP contribution is 2.22. The van der Waals surface area contributed by atoms with Gasteiger partial charge in [-0.3, -0.25) is 5.32 Å². The van der Waals surface area contributed by atoms with Crippen molar-refractivity contribution in [2.45, 2.75) is 77.4 Å². The molecule has 1 aliphatic rings. The lowest BCUT2D eigenvalue weighted by Crippen LogP contribution is -2.49. The quantitative estimate of drug-likeness (QED) is 0.817. The Balaban J connectivity index is 2.45. The minimum absolute atomic E-state index is 0.199. The summed E-state index contributed by atoms with van der Waals surface area (Å²) in [6.45, 7) is 10.5. The molecule has 1 aliphatic heterocycles. The maximum absolute atomic E-state index is 9.25. The van der Waals surface area contributed by atoms with Gasteiger partial charge in [0.15, 0.2) is 0 Å². The molecule has 4 nitrogen and oxygen atoms in total. The number of hydrogen-bond donors (Lipinski definition) is 1. The van der Waals surface area contributed by atoms with E-state index in [9.17, 15) is 5.26 Å². The Labute approximate surface area is 111 Å². The molecule has 18 heavy (non-hydrogen) atoms. The van der Waals surface area contributed by atoms with E-state index in [0.717, 1.165) is 12.8 Å². The van der Waals surface area contributed by atoms with Gasteiger partial charge in [-0.1, -0.05) is 0 Å². The number of rotatable bonds is 5. The first-order chi connectivity index (χ1) is 8.34. The van der Waals surface area contributed by atoms with Gasteiger partial charge in [0.25, 0.3) is 0 Å². The van der Waals surface area contributed by atoms with Crippen LogP contribution in [0.25, 0.3) is 0 Å². The maximum atomic E-state index is 9.25. The highest BCUT2D eigenvalue weighted by molar-refractivity contribution is 5.04. The summed E-state index contributed by atoms with van der Waals surface area (Å²) in [5.74, 6) is 0. The largest absolute Gasteiger partial charge is 0.375 e. The van der Waals surface area contributed by atoms with Crippen LogP contribution in [0, 0.1) is 11.3 Å². The second-order valence-corrected chi connectivity index (χ2v) is 5.90. The molecule has 0 saturated carbocycles. The van der Waals surface area contributed by atoms with Crippen LogP contribution in [-0.2, 0) is 9.47 Å². The van der Waals surface area contributed by atoms with E-state index in [0.29, 0.717) is 6.61 Å². The molecule has 1 heterocycles.